The van der Waals surface area contributed by atoms with Gasteiger partial charge in [-0.3, -0.25) is 0 Å². The van der Waals surface area contributed by atoms with E-state index in [0.29, 0.717) is 0 Å². The average Bonchev–Trinajstić information content (AvgIpc) is 3.15. The molecule has 1 saturated carbocycles. The van der Waals surface area contributed by atoms with E-state index >= 15 is 0 Å². The number of rotatable bonds is 1. The molecule has 0 radical (unpaired) electrons. The zero-order valence-corrected chi connectivity index (χ0v) is 12.2. The smallest absolute Gasteiger partial charge is 0.342 e. The molecule has 1 aromatic carbocycles. The Balaban J connectivity index is 1.67. The molecular weight excluding hydrogens is 272 g/mol. The lowest BCUT2D eigenvalue weighted by molar-refractivity contribution is -0.186. The minimum absolute atomic E-state index is 0.00614. The molecule has 3 atom stereocenters. The Kier molecular flexibility index (Phi) is 2.86. The van der Waals surface area contributed by atoms with Gasteiger partial charge in [0.25, 0.3) is 0 Å². The highest BCUT2D eigenvalue weighted by Crippen LogP contribution is 2.60. The van der Waals surface area contributed by atoms with E-state index in [0.717, 1.165) is 37.0 Å². The fourth-order valence-corrected chi connectivity index (χ4v) is 5.51. The molecule has 0 bridgehead atoms. The predicted octanol–water partition coefficient (Wildman–Crippen LogP) is 3.45. The van der Waals surface area contributed by atoms with Gasteiger partial charge in [0.1, 0.15) is 0 Å². The van der Waals surface area contributed by atoms with Crippen molar-refractivity contribution in [2.24, 2.45) is 0 Å². The molecule has 4 heteroatoms. The summed E-state index contributed by atoms with van der Waals surface area (Å²) in [5.41, 5.74) is 0.902. The number of esters is 1. The molecule has 2 heterocycles. The number of fused-ring (bicyclic) bond motifs is 1. The van der Waals surface area contributed by atoms with Gasteiger partial charge in [0.05, 0.1) is 4.75 Å². The molecule has 1 aromatic rings. The Morgan fingerprint density at radius 1 is 1.10 bits per heavy atom. The fourth-order valence-electron chi connectivity index (χ4n) is 3.84. The Morgan fingerprint density at radius 2 is 1.90 bits per heavy atom. The Hall–Kier alpha value is -1.00. The van der Waals surface area contributed by atoms with Gasteiger partial charge in [0.2, 0.25) is 5.79 Å². The zero-order valence-electron chi connectivity index (χ0n) is 11.3. The van der Waals surface area contributed by atoms with Gasteiger partial charge < -0.3 is 9.47 Å². The van der Waals surface area contributed by atoms with E-state index in [-0.39, 0.29) is 10.7 Å². The maximum absolute atomic E-state index is 12.3. The molecule has 20 heavy (non-hydrogen) atoms. The summed E-state index contributed by atoms with van der Waals surface area (Å²) >= 11 is 1.95. The molecule has 0 N–H and O–H groups in total. The monoisotopic (exact) mass is 290 g/mol. The van der Waals surface area contributed by atoms with E-state index < -0.39 is 11.9 Å². The first-order valence-electron chi connectivity index (χ1n) is 7.34. The summed E-state index contributed by atoms with van der Waals surface area (Å²) in [5, 5.41) is 0. The van der Waals surface area contributed by atoms with Gasteiger partial charge in [-0.15, -0.1) is 11.8 Å². The van der Waals surface area contributed by atoms with Crippen molar-refractivity contribution < 1.29 is 14.3 Å². The van der Waals surface area contributed by atoms with Gasteiger partial charge in [0, 0.05) is 6.42 Å². The highest BCUT2D eigenvalue weighted by molar-refractivity contribution is 8.01. The highest BCUT2D eigenvalue weighted by atomic mass is 32.2. The van der Waals surface area contributed by atoms with Gasteiger partial charge >= 0.3 is 5.97 Å². The summed E-state index contributed by atoms with van der Waals surface area (Å²) in [6.45, 7) is 0. The van der Waals surface area contributed by atoms with Crippen LogP contribution in [0.4, 0.5) is 0 Å². The molecule has 3 aliphatic rings. The first-order chi connectivity index (χ1) is 9.75. The van der Waals surface area contributed by atoms with Crippen molar-refractivity contribution in [3.05, 3.63) is 35.9 Å². The van der Waals surface area contributed by atoms with Crippen LogP contribution in [0.25, 0.3) is 0 Å². The van der Waals surface area contributed by atoms with E-state index in [4.69, 9.17) is 9.47 Å². The lowest BCUT2D eigenvalue weighted by Crippen LogP contribution is -2.47. The highest BCUT2D eigenvalue weighted by Gasteiger charge is 2.65. The Labute approximate surface area is 123 Å². The summed E-state index contributed by atoms with van der Waals surface area (Å²) in [4.78, 5) is 12.3. The van der Waals surface area contributed by atoms with Crippen LogP contribution in [-0.4, -0.2) is 22.3 Å². The molecule has 0 amide bonds. The third kappa shape index (κ3) is 1.67. The van der Waals surface area contributed by atoms with E-state index in [9.17, 15) is 4.79 Å². The molecule has 4 rings (SSSR count). The molecule has 2 saturated heterocycles. The van der Waals surface area contributed by atoms with Crippen LogP contribution in [0.2, 0.25) is 0 Å². The van der Waals surface area contributed by atoms with Crippen molar-refractivity contribution in [3.8, 4) is 0 Å². The molecule has 2 unspecified atom stereocenters. The van der Waals surface area contributed by atoms with Crippen LogP contribution < -0.4 is 0 Å². The van der Waals surface area contributed by atoms with Crippen LogP contribution in [0.3, 0.4) is 0 Å². The van der Waals surface area contributed by atoms with Crippen molar-refractivity contribution in [1.29, 1.82) is 0 Å². The van der Waals surface area contributed by atoms with E-state index in [1.807, 2.05) is 42.1 Å². The number of carbonyl (C=O) groups is 1. The second-order valence-corrected chi connectivity index (χ2v) is 7.36. The number of carbonyl (C=O) groups excluding carboxylic acids is 1. The zero-order chi connectivity index (χ0) is 13.6. The molecule has 2 aliphatic heterocycles. The molecule has 3 fully saturated rings. The van der Waals surface area contributed by atoms with Crippen molar-refractivity contribution in [2.75, 3.05) is 5.75 Å². The molecule has 1 aliphatic carbocycles. The number of benzene rings is 1. The van der Waals surface area contributed by atoms with Crippen molar-refractivity contribution in [1.82, 2.24) is 0 Å². The van der Waals surface area contributed by atoms with Gasteiger partial charge in [-0.1, -0.05) is 30.3 Å². The molecular formula is C16H18O3S. The van der Waals surface area contributed by atoms with Gasteiger partial charge in [-0.05, 0) is 37.0 Å². The van der Waals surface area contributed by atoms with Crippen LogP contribution in [-0.2, 0) is 14.3 Å². The number of hydrogen-bond donors (Lipinski definition) is 0. The minimum atomic E-state index is -0.675. The summed E-state index contributed by atoms with van der Waals surface area (Å²) in [5.74, 6) is 0.259. The maximum atomic E-state index is 12.3. The molecule has 3 nitrogen and oxygen atoms in total. The molecule has 106 valence electrons. The van der Waals surface area contributed by atoms with Crippen molar-refractivity contribution >= 4 is 17.7 Å². The van der Waals surface area contributed by atoms with Crippen molar-refractivity contribution in [3.63, 3.8) is 0 Å². The molecule has 2 spiro atoms. The third-order valence-corrected chi connectivity index (χ3v) is 6.54. The number of hydrogen-bond acceptors (Lipinski definition) is 4. The van der Waals surface area contributed by atoms with E-state index in [1.165, 1.54) is 6.42 Å². The van der Waals surface area contributed by atoms with E-state index in [2.05, 4.69) is 0 Å². The minimum Gasteiger partial charge on any atom is -0.429 e. The summed E-state index contributed by atoms with van der Waals surface area (Å²) in [6.07, 6.45) is 4.78. The lowest BCUT2D eigenvalue weighted by Gasteiger charge is -2.37. The SMILES string of the molecule is O=C1OC2(CCCC23CCCS3)O[C@H]1c1ccccc1. The van der Waals surface area contributed by atoms with Crippen LogP contribution in [0, 0.1) is 0 Å². The van der Waals surface area contributed by atoms with Crippen molar-refractivity contribution in [2.45, 2.75) is 48.7 Å². The Morgan fingerprint density at radius 3 is 2.65 bits per heavy atom. The first kappa shape index (κ1) is 12.7. The van der Waals surface area contributed by atoms with Crippen LogP contribution in [0.15, 0.2) is 30.3 Å². The normalized spacial score (nSPS) is 39.8. The summed E-state index contributed by atoms with van der Waals surface area (Å²) in [6, 6.07) is 9.70. The Bertz CT molecular complexity index is 518. The van der Waals surface area contributed by atoms with Crippen LogP contribution in [0.5, 0.6) is 0 Å². The maximum Gasteiger partial charge on any atom is 0.342 e. The predicted molar refractivity (Wildman–Crippen MR) is 77.4 cm³/mol. The van der Waals surface area contributed by atoms with E-state index in [1.54, 1.807) is 0 Å². The quantitative estimate of drug-likeness (QED) is 0.742. The molecule has 0 aromatic heterocycles. The van der Waals surface area contributed by atoms with Gasteiger partial charge in [-0.2, -0.15) is 0 Å². The summed E-state index contributed by atoms with van der Waals surface area (Å²) < 4.78 is 12.1. The largest absolute Gasteiger partial charge is 0.429 e. The van der Waals surface area contributed by atoms with Crippen LogP contribution in [0.1, 0.15) is 43.8 Å². The average molecular weight is 290 g/mol. The second kappa shape index (κ2) is 4.50. The third-order valence-electron chi connectivity index (χ3n) is 4.77. The first-order valence-corrected chi connectivity index (χ1v) is 8.33. The second-order valence-electron chi connectivity index (χ2n) is 5.88. The van der Waals surface area contributed by atoms with Gasteiger partial charge in [0.15, 0.2) is 6.10 Å². The number of ether oxygens (including phenoxy) is 2. The number of thioether (sulfide) groups is 1. The summed E-state index contributed by atoms with van der Waals surface area (Å²) in [7, 11) is 0. The topological polar surface area (TPSA) is 35.5 Å². The van der Waals surface area contributed by atoms with Crippen LogP contribution >= 0.6 is 11.8 Å². The fraction of sp³-hybridized carbons (Fsp3) is 0.562. The van der Waals surface area contributed by atoms with Gasteiger partial charge in [-0.25, -0.2) is 4.79 Å². The standard InChI is InChI=1S/C16H18O3S/c17-14-13(12-6-2-1-3-7-12)18-16(19-14)10-4-8-15(16)9-5-11-20-15/h1-3,6-7,13H,4-5,8-11H2/t13-,15?,16?/m0/s1. The lowest BCUT2D eigenvalue weighted by atomic mass is 9.96.